The molecule has 2 atom stereocenters. The topological polar surface area (TPSA) is 50.2 Å². The van der Waals surface area contributed by atoms with Crippen LogP contribution >= 0.6 is 15.9 Å². The Bertz CT molecular complexity index is 583. The highest BCUT2D eigenvalue weighted by Crippen LogP contribution is 2.44. The third-order valence-electron chi connectivity index (χ3n) is 4.92. The average molecular weight is 341 g/mol. The van der Waals surface area contributed by atoms with Gasteiger partial charge in [0.1, 0.15) is 4.47 Å². The van der Waals surface area contributed by atoms with E-state index in [2.05, 4.69) is 45.1 Å². The van der Waals surface area contributed by atoms with Crippen LogP contribution in [0.2, 0.25) is 0 Å². The first kappa shape index (κ1) is 14.1. The molecule has 1 N–H and O–H groups in total. The minimum absolute atomic E-state index is 0.0448. The second-order valence-corrected chi connectivity index (χ2v) is 7.05. The summed E-state index contributed by atoms with van der Waals surface area (Å²) in [5.74, 6) is 1.29. The Hall–Kier alpha value is -0.880. The largest absolute Gasteiger partial charge is 0.363 e. The second kappa shape index (κ2) is 4.84. The summed E-state index contributed by atoms with van der Waals surface area (Å²) in [4.78, 5) is 14.6. The van der Waals surface area contributed by atoms with E-state index in [0.717, 1.165) is 25.3 Å². The van der Waals surface area contributed by atoms with Crippen LogP contribution in [0.25, 0.3) is 0 Å². The minimum Gasteiger partial charge on any atom is -0.363 e. The van der Waals surface area contributed by atoms with E-state index in [9.17, 15) is 4.79 Å². The van der Waals surface area contributed by atoms with Crippen molar-refractivity contribution in [2.24, 2.45) is 11.8 Å². The van der Waals surface area contributed by atoms with Crippen LogP contribution in [-0.4, -0.2) is 35.0 Å². The number of hydrogen-bond acceptors (Lipinski definition) is 4. The number of hydrogen-bond donors (Lipinski definition) is 1. The van der Waals surface area contributed by atoms with Crippen LogP contribution in [0.15, 0.2) is 15.5 Å². The fourth-order valence-corrected chi connectivity index (χ4v) is 4.22. The van der Waals surface area contributed by atoms with Crippen molar-refractivity contribution < 1.29 is 0 Å². The van der Waals surface area contributed by atoms with E-state index >= 15 is 0 Å². The van der Waals surface area contributed by atoms with Crippen LogP contribution in [0.5, 0.6) is 0 Å². The molecule has 20 heavy (non-hydrogen) atoms. The summed E-state index contributed by atoms with van der Waals surface area (Å²) in [6.07, 6.45) is 1.82. The monoisotopic (exact) mass is 340 g/mol. The smallest absolute Gasteiger partial charge is 0.283 e. The standard InChI is InChI=1S/C14H21BrN4O/c1-4-19-13(20)12(15)11(7-17-19)18-8-9-5-16-6-10(9)14(18,2)3/h7,9-10,16H,4-6,8H2,1-3H3. The number of halogens is 1. The Balaban J connectivity index is 2.02. The number of nitrogens with zero attached hydrogens (tertiary/aromatic N) is 3. The predicted octanol–water partition coefficient (Wildman–Crippen LogP) is 1.46. The number of nitrogens with one attached hydrogen (secondary N) is 1. The van der Waals surface area contributed by atoms with Crippen molar-refractivity contribution in [3.8, 4) is 0 Å². The molecule has 0 aromatic carbocycles. The third kappa shape index (κ3) is 1.92. The van der Waals surface area contributed by atoms with Crippen LogP contribution in [-0.2, 0) is 6.54 Å². The zero-order chi connectivity index (χ0) is 14.5. The fraction of sp³-hybridized carbons (Fsp3) is 0.714. The average Bonchev–Trinajstić information content (AvgIpc) is 2.96. The zero-order valence-electron chi connectivity index (χ0n) is 12.2. The molecule has 2 unspecified atom stereocenters. The molecule has 2 saturated heterocycles. The highest BCUT2D eigenvalue weighted by atomic mass is 79.9. The van der Waals surface area contributed by atoms with Gasteiger partial charge in [-0.1, -0.05) is 0 Å². The molecule has 1 aromatic rings. The van der Waals surface area contributed by atoms with E-state index in [0.29, 0.717) is 22.9 Å². The van der Waals surface area contributed by atoms with Crippen molar-refractivity contribution in [1.82, 2.24) is 15.1 Å². The zero-order valence-corrected chi connectivity index (χ0v) is 13.8. The third-order valence-corrected chi connectivity index (χ3v) is 5.66. The maximum absolute atomic E-state index is 12.2. The van der Waals surface area contributed by atoms with E-state index in [4.69, 9.17) is 0 Å². The molecule has 1 aromatic heterocycles. The van der Waals surface area contributed by atoms with Crippen LogP contribution in [0.4, 0.5) is 5.69 Å². The summed E-state index contributed by atoms with van der Waals surface area (Å²) in [5.41, 5.74) is 0.929. The van der Waals surface area contributed by atoms with Gasteiger partial charge in [-0.3, -0.25) is 4.79 Å². The van der Waals surface area contributed by atoms with Crippen LogP contribution in [0, 0.1) is 11.8 Å². The van der Waals surface area contributed by atoms with Gasteiger partial charge in [0, 0.05) is 31.7 Å². The lowest BCUT2D eigenvalue weighted by molar-refractivity contribution is 0.356. The van der Waals surface area contributed by atoms with Crippen LogP contribution in [0.1, 0.15) is 20.8 Å². The molecule has 110 valence electrons. The van der Waals surface area contributed by atoms with Crippen molar-refractivity contribution in [3.63, 3.8) is 0 Å². The summed E-state index contributed by atoms with van der Waals surface area (Å²) in [6.45, 7) is 10.2. The number of rotatable bonds is 2. The number of fused-ring (bicyclic) bond motifs is 1. The van der Waals surface area contributed by atoms with E-state index in [1.807, 2.05) is 13.1 Å². The highest BCUT2D eigenvalue weighted by molar-refractivity contribution is 9.10. The maximum atomic E-state index is 12.2. The molecule has 2 aliphatic heterocycles. The van der Waals surface area contributed by atoms with E-state index < -0.39 is 0 Å². The molecule has 0 spiro atoms. The summed E-state index contributed by atoms with van der Waals surface area (Å²) in [5, 5.41) is 7.75. The fourth-order valence-electron chi connectivity index (χ4n) is 3.70. The van der Waals surface area contributed by atoms with Gasteiger partial charge in [0.2, 0.25) is 0 Å². The SMILES string of the molecule is CCn1ncc(N2CC3CNCC3C2(C)C)c(Br)c1=O. The summed E-state index contributed by atoms with van der Waals surface area (Å²) < 4.78 is 2.12. The van der Waals surface area contributed by atoms with E-state index in [1.54, 1.807) is 0 Å². The van der Waals surface area contributed by atoms with Gasteiger partial charge < -0.3 is 10.2 Å². The first-order valence-electron chi connectivity index (χ1n) is 7.20. The molecule has 0 saturated carbocycles. The van der Waals surface area contributed by atoms with Crippen molar-refractivity contribution in [3.05, 3.63) is 21.0 Å². The van der Waals surface area contributed by atoms with Crippen LogP contribution < -0.4 is 15.8 Å². The molecule has 3 heterocycles. The molecule has 0 bridgehead atoms. The van der Waals surface area contributed by atoms with Gasteiger partial charge >= 0.3 is 0 Å². The van der Waals surface area contributed by atoms with Gasteiger partial charge in [-0.2, -0.15) is 5.10 Å². The Morgan fingerprint density at radius 3 is 2.90 bits per heavy atom. The number of aryl methyl sites for hydroxylation is 1. The number of aromatic nitrogens is 2. The molecule has 0 aliphatic carbocycles. The van der Waals surface area contributed by atoms with Crippen molar-refractivity contribution in [1.29, 1.82) is 0 Å². The molecule has 2 aliphatic rings. The van der Waals surface area contributed by atoms with Gasteiger partial charge in [-0.25, -0.2) is 4.68 Å². The molecular formula is C14H21BrN4O. The van der Waals surface area contributed by atoms with Gasteiger partial charge in [0.15, 0.2) is 0 Å². The van der Waals surface area contributed by atoms with Gasteiger partial charge in [-0.05, 0) is 48.5 Å². The molecular weight excluding hydrogens is 320 g/mol. The van der Waals surface area contributed by atoms with Gasteiger partial charge in [0.25, 0.3) is 5.56 Å². The molecule has 6 heteroatoms. The lowest BCUT2D eigenvalue weighted by Crippen LogP contribution is -2.45. The summed E-state index contributed by atoms with van der Waals surface area (Å²) >= 11 is 3.48. The van der Waals surface area contributed by atoms with Crippen molar-refractivity contribution in [2.75, 3.05) is 24.5 Å². The normalized spacial score (nSPS) is 27.9. The van der Waals surface area contributed by atoms with Gasteiger partial charge in [0.05, 0.1) is 11.9 Å². The Labute approximate surface area is 127 Å². The predicted molar refractivity (Wildman–Crippen MR) is 83.1 cm³/mol. The molecule has 2 fully saturated rings. The van der Waals surface area contributed by atoms with Gasteiger partial charge in [-0.15, -0.1) is 0 Å². The maximum Gasteiger partial charge on any atom is 0.283 e. The Morgan fingerprint density at radius 1 is 1.50 bits per heavy atom. The van der Waals surface area contributed by atoms with Crippen molar-refractivity contribution in [2.45, 2.75) is 32.9 Å². The first-order chi connectivity index (χ1) is 9.46. The van der Waals surface area contributed by atoms with Crippen molar-refractivity contribution >= 4 is 21.6 Å². The first-order valence-corrected chi connectivity index (χ1v) is 8.00. The highest BCUT2D eigenvalue weighted by Gasteiger charge is 2.50. The summed E-state index contributed by atoms with van der Waals surface area (Å²) in [6, 6.07) is 0. The Morgan fingerprint density at radius 2 is 2.25 bits per heavy atom. The molecule has 0 amide bonds. The second-order valence-electron chi connectivity index (χ2n) is 6.25. The quantitative estimate of drug-likeness (QED) is 0.885. The molecule has 3 rings (SSSR count). The number of anilines is 1. The lowest BCUT2D eigenvalue weighted by atomic mass is 9.85. The van der Waals surface area contributed by atoms with Crippen LogP contribution in [0.3, 0.4) is 0 Å². The summed E-state index contributed by atoms with van der Waals surface area (Å²) in [7, 11) is 0. The molecule has 5 nitrogen and oxygen atoms in total. The minimum atomic E-state index is -0.0454. The van der Waals surface area contributed by atoms with E-state index in [-0.39, 0.29) is 11.1 Å². The lowest BCUT2D eigenvalue weighted by Gasteiger charge is -2.37. The van der Waals surface area contributed by atoms with E-state index in [1.165, 1.54) is 4.68 Å². The molecule has 0 radical (unpaired) electrons. The Kier molecular flexibility index (Phi) is 3.41.